The summed E-state index contributed by atoms with van der Waals surface area (Å²) in [7, 11) is 1.23. The van der Waals surface area contributed by atoms with Crippen molar-refractivity contribution in [3.05, 3.63) is 51.0 Å². The van der Waals surface area contributed by atoms with Crippen molar-refractivity contribution in [2.45, 2.75) is 20.4 Å². The second-order valence-electron chi connectivity index (χ2n) is 4.41. The van der Waals surface area contributed by atoms with Crippen LogP contribution in [-0.2, 0) is 11.3 Å². The zero-order valence-corrected chi connectivity index (χ0v) is 13.0. The molecule has 2 rings (SSSR count). The highest BCUT2D eigenvalue weighted by Crippen LogP contribution is 2.22. The Kier molecular flexibility index (Phi) is 4.23. The van der Waals surface area contributed by atoms with Gasteiger partial charge in [-0.15, -0.1) is 0 Å². The Labute approximate surface area is 124 Å². The van der Waals surface area contributed by atoms with Crippen molar-refractivity contribution in [2.24, 2.45) is 0 Å². The second-order valence-corrected chi connectivity index (χ2v) is 5.21. The first kappa shape index (κ1) is 14.7. The lowest BCUT2D eigenvalue weighted by molar-refractivity contribution is 0.0595. The van der Waals surface area contributed by atoms with E-state index >= 15 is 0 Å². The first-order valence-electron chi connectivity index (χ1n) is 6.01. The van der Waals surface area contributed by atoms with E-state index in [0.717, 1.165) is 15.9 Å². The van der Waals surface area contributed by atoms with E-state index in [-0.39, 0.29) is 12.1 Å². The van der Waals surface area contributed by atoms with E-state index in [9.17, 15) is 9.18 Å². The lowest BCUT2D eigenvalue weighted by atomic mass is 10.1. The minimum atomic E-state index is -0.682. The third-order valence-electron chi connectivity index (χ3n) is 3.10. The van der Waals surface area contributed by atoms with Crippen LogP contribution in [0, 0.1) is 19.7 Å². The van der Waals surface area contributed by atoms with Gasteiger partial charge in [0.1, 0.15) is 5.82 Å². The monoisotopic (exact) mass is 340 g/mol. The highest BCUT2D eigenvalue weighted by molar-refractivity contribution is 9.10. The van der Waals surface area contributed by atoms with E-state index in [1.807, 2.05) is 13.8 Å². The number of aryl methyl sites for hydroxylation is 1. The van der Waals surface area contributed by atoms with Crippen LogP contribution in [-0.4, -0.2) is 22.9 Å². The maximum atomic E-state index is 14.3. The highest BCUT2D eigenvalue weighted by Gasteiger charge is 2.17. The number of hydrogen-bond donors (Lipinski definition) is 0. The van der Waals surface area contributed by atoms with Crippen molar-refractivity contribution < 1.29 is 13.9 Å². The molecule has 6 heteroatoms. The Morgan fingerprint density at radius 3 is 2.70 bits per heavy atom. The van der Waals surface area contributed by atoms with Gasteiger partial charge in [-0.3, -0.25) is 4.68 Å². The molecular weight excluding hydrogens is 327 g/mol. The van der Waals surface area contributed by atoms with Gasteiger partial charge in [0.2, 0.25) is 0 Å². The number of rotatable bonds is 3. The maximum absolute atomic E-state index is 14.3. The van der Waals surface area contributed by atoms with Gasteiger partial charge in [0.05, 0.1) is 35.1 Å². The predicted octanol–water partition coefficient (Wildman–Crippen LogP) is 3.24. The van der Waals surface area contributed by atoms with E-state index in [4.69, 9.17) is 0 Å². The molecule has 0 spiro atoms. The number of ether oxygens (including phenoxy) is 1. The molecule has 0 atom stereocenters. The van der Waals surface area contributed by atoms with Gasteiger partial charge in [0.15, 0.2) is 0 Å². The fraction of sp³-hybridized carbons (Fsp3) is 0.286. The van der Waals surface area contributed by atoms with Gasteiger partial charge >= 0.3 is 5.97 Å². The third-order valence-corrected chi connectivity index (χ3v) is 4.24. The molecule has 0 fully saturated rings. The van der Waals surface area contributed by atoms with Crippen LogP contribution >= 0.6 is 15.9 Å². The summed E-state index contributed by atoms with van der Waals surface area (Å²) in [6, 6.07) is 4.67. The smallest absolute Gasteiger partial charge is 0.340 e. The van der Waals surface area contributed by atoms with Crippen molar-refractivity contribution in [2.75, 3.05) is 7.11 Å². The van der Waals surface area contributed by atoms with Crippen LogP contribution in [0.1, 0.15) is 27.3 Å². The minimum Gasteiger partial charge on any atom is -0.465 e. The molecule has 0 unspecified atom stereocenters. The van der Waals surface area contributed by atoms with Crippen molar-refractivity contribution in [3.8, 4) is 0 Å². The molecule has 0 aliphatic heterocycles. The SMILES string of the molecule is COC(=O)c1cccc(Cn2nc(C)c(Br)c2C)c1F. The Morgan fingerprint density at radius 1 is 1.45 bits per heavy atom. The highest BCUT2D eigenvalue weighted by atomic mass is 79.9. The average molecular weight is 341 g/mol. The number of methoxy groups -OCH3 is 1. The van der Waals surface area contributed by atoms with Crippen LogP contribution in [0.5, 0.6) is 0 Å². The molecule has 4 nitrogen and oxygen atoms in total. The van der Waals surface area contributed by atoms with Crippen LogP contribution in [0.3, 0.4) is 0 Å². The zero-order chi connectivity index (χ0) is 14.9. The molecule has 1 aromatic heterocycles. The van der Waals surface area contributed by atoms with Gasteiger partial charge in [-0.1, -0.05) is 12.1 Å². The summed E-state index contributed by atoms with van der Waals surface area (Å²) >= 11 is 3.43. The number of esters is 1. The number of carbonyl (C=O) groups excluding carboxylic acids is 1. The lowest BCUT2D eigenvalue weighted by Gasteiger charge is -2.08. The number of nitrogens with zero attached hydrogens (tertiary/aromatic N) is 2. The largest absolute Gasteiger partial charge is 0.465 e. The maximum Gasteiger partial charge on any atom is 0.340 e. The third kappa shape index (κ3) is 2.60. The molecule has 0 saturated carbocycles. The molecule has 0 aliphatic rings. The van der Waals surface area contributed by atoms with E-state index in [1.165, 1.54) is 13.2 Å². The number of hydrogen-bond acceptors (Lipinski definition) is 3. The second kappa shape index (κ2) is 5.75. The summed E-state index contributed by atoms with van der Waals surface area (Å²) < 4.78 is 21.4. The summed E-state index contributed by atoms with van der Waals surface area (Å²) in [5.41, 5.74) is 2.08. The average Bonchev–Trinajstić information content (AvgIpc) is 2.68. The van der Waals surface area contributed by atoms with Gasteiger partial charge in [-0.05, 0) is 35.8 Å². The first-order valence-corrected chi connectivity index (χ1v) is 6.80. The van der Waals surface area contributed by atoms with E-state index < -0.39 is 11.8 Å². The van der Waals surface area contributed by atoms with Crippen LogP contribution < -0.4 is 0 Å². The summed E-state index contributed by atoms with van der Waals surface area (Å²) in [5, 5.41) is 4.33. The topological polar surface area (TPSA) is 44.1 Å². The zero-order valence-electron chi connectivity index (χ0n) is 11.4. The van der Waals surface area contributed by atoms with Crippen molar-refractivity contribution in [1.29, 1.82) is 0 Å². The molecule has 0 bridgehead atoms. The Balaban J connectivity index is 2.39. The normalized spacial score (nSPS) is 10.7. The van der Waals surface area contributed by atoms with Crippen LogP contribution in [0.4, 0.5) is 4.39 Å². The molecule has 0 N–H and O–H groups in total. The van der Waals surface area contributed by atoms with Crippen molar-refractivity contribution >= 4 is 21.9 Å². The Bertz CT molecular complexity index is 667. The fourth-order valence-corrected chi connectivity index (χ4v) is 2.24. The number of halogens is 2. The van der Waals surface area contributed by atoms with E-state index in [2.05, 4.69) is 25.8 Å². The van der Waals surface area contributed by atoms with E-state index in [1.54, 1.807) is 16.8 Å². The first-order chi connectivity index (χ1) is 9.45. The van der Waals surface area contributed by atoms with Crippen molar-refractivity contribution in [1.82, 2.24) is 9.78 Å². The predicted molar refractivity (Wildman–Crippen MR) is 76.2 cm³/mol. The number of aromatic nitrogens is 2. The molecule has 2 aromatic rings. The summed E-state index contributed by atoms with van der Waals surface area (Å²) in [6.45, 7) is 4.02. The van der Waals surface area contributed by atoms with Gasteiger partial charge in [-0.25, -0.2) is 9.18 Å². The van der Waals surface area contributed by atoms with Gasteiger partial charge < -0.3 is 4.74 Å². The lowest BCUT2D eigenvalue weighted by Crippen LogP contribution is -2.10. The van der Waals surface area contributed by atoms with Gasteiger partial charge in [0.25, 0.3) is 0 Å². The molecular formula is C14H14BrFN2O2. The summed E-state index contributed by atoms with van der Waals surface area (Å²) in [4.78, 5) is 11.5. The van der Waals surface area contributed by atoms with Gasteiger partial charge in [-0.2, -0.15) is 5.10 Å². The summed E-state index contributed by atoms with van der Waals surface area (Å²) in [6.07, 6.45) is 0. The molecule has 0 saturated heterocycles. The number of carbonyl (C=O) groups is 1. The van der Waals surface area contributed by atoms with Crippen LogP contribution in [0.2, 0.25) is 0 Å². The fourth-order valence-electron chi connectivity index (χ4n) is 1.96. The molecule has 1 aromatic carbocycles. The standard InChI is InChI=1S/C14H14BrFN2O2/c1-8-12(15)9(2)18(17-8)7-10-5-4-6-11(13(10)16)14(19)20-3/h4-6H,7H2,1-3H3. The van der Waals surface area contributed by atoms with Gasteiger partial charge in [0, 0.05) is 5.56 Å². The molecule has 106 valence electrons. The van der Waals surface area contributed by atoms with E-state index in [0.29, 0.717) is 5.56 Å². The molecule has 0 amide bonds. The van der Waals surface area contributed by atoms with Crippen LogP contribution in [0.15, 0.2) is 22.7 Å². The molecule has 0 radical (unpaired) electrons. The Hall–Kier alpha value is -1.69. The minimum absolute atomic E-state index is 0.0643. The summed E-state index contributed by atoms with van der Waals surface area (Å²) in [5.74, 6) is -1.25. The molecule has 20 heavy (non-hydrogen) atoms. The quantitative estimate of drug-likeness (QED) is 0.805. The molecule has 1 heterocycles. The Morgan fingerprint density at radius 2 is 2.15 bits per heavy atom. The van der Waals surface area contributed by atoms with Crippen LogP contribution in [0.25, 0.3) is 0 Å². The van der Waals surface area contributed by atoms with Crippen molar-refractivity contribution in [3.63, 3.8) is 0 Å². The molecule has 0 aliphatic carbocycles. The number of benzene rings is 1.